The molecule has 132 valence electrons. The molecule has 0 atom stereocenters. The zero-order valence-corrected chi connectivity index (χ0v) is 15.1. The predicted octanol–water partition coefficient (Wildman–Crippen LogP) is 3.23. The van der Waals surface area contributed by atoms with Gasteiger partial charge < -0.3 is 9.47 Å². The van der Waals surface area contributed by atoms with Gasteiger partial charge in [-0.05, 0) is 70.8 Å². The minimum absolute atomic E-state index is 0.0606. The summed E-state index contributed by atoms with van der Waals surface area (Å²) in [6.45, 7) is 8.30. The van der Waals surface area contributed by atoms with Gasteiger partial charge in [-0.3, -0.25) is 9.89 Å². The van der Waals surface area contributed by atoms with Gasteiger partial charge in [0.25, 0.3) is 5.56 Å². The minimum atomic E-state index is 0.0606. The number of benzene rings is 1. The van der Waals surface area contributed by atoms with Crippen LogP contribution in [0.1, 0.15) is 37.4 Å². The Morgan fingerprint density at radius 1 is 1.24 bits per heavy atom. The van der Waals surface area contributed by atoms with Crippen molar-refractivity contribution >= 4 is 21.8 Å². The number of pyridine rings is 1. The minimum Gasteiger partial charge on any atom is -0.308 e. The number of nitrogens with one attached hydrogen (secondary N) is 1. The standard InChI is InChI=1S/C20H26N4O/c1-3-24-17-13-15(7-6-12-23-10-4-5-11-23)8-9-16(17)19-18(20(24)25)14(2)21-22-19/h8-9,13H,3-7,10-12H2,1-2H3,(H,21,22). The van der Waals surface area contributed by atoms with Crippen molar-refractivity contribution in [2.45, 2.75) is 46.1 Å². The number of hydrogen-bond donors (Lipinski definition) is 1. The number of aromatic nitrogens is 3. The zero-order chi connectivity index (χ0) is 17.4. The summed E-state index contributed by atoms with van der Waals surface area (Å²) in [6, 6.07) is 6.52. The van der Waals surface area contributed by atoms with Gasteiger partial charge in [-0.15, -0.1) is 0 Å². The molecule has 1 aliphatic rings. The summed E-state index contributed by atoms with van der Waals surface area (Å²) in [5.74, 6) is 0. The lowest BCUT2D eigenvalue weighted by molar-refractivity contribution is 0.334. The van der Waals surface area contributed by atoms with Crippen LogP contribution in [-0.4, -0.2) is 39.3 Å². The van der Waals surface area contributed by atoms with Gasteiger partial charge in [0.2, 0.25) is 0 Å². The van der Waals surface area contributed by atoms with Gasteiger partial charge in [0, 0.05) is 17.6 Å². The van der Waals surface area contributed by atoms with E-state index in [1.54, 1.807) is 0 Å². The van der Waals surface area contributed by atoms with E-state index < -0.39 is 0 Å². The largest absolute Gasteiger partial charge is 0.308 e. The number of nitrogens with zero attached hydrogens (tertiary/aromatic N) is 3. The number of fused-ring (bicyclic) bond motifs is 3. The van der Waals surface area contributed by atoms with Gasteiger partial charge in [0.05, 0.1) is 10.9 Å². The Balaban J connectivity index is 1.69. The second kappa shape index (κ2) is 6.64. The summed E-state index contributed by atoms with van der Waals surface area (Å²) in [6.07, 6.45) is 4.92. The third-order valence-corrected chi connectivity index (χ3v) is 5.47. The monoisotopic (exact) mass is 338 g/mol. The zero-order valence-electron chi connectivity index (χ0n) is 15.1. The predicted molar refractivity (Wildman–Crippen MR) is 102 cm³/mol. The molecule has 5 nitrogen and oxygen atoms in total. The summed E-state index contributed by atoms with van der Waals surface area (Å²) < 4.78 is 1.88. The molecule has 1 N–H and O–H groups in total. The van der Waals surface area contributed by atoms with E-state index in [4.69, 9.17) is 0 Å². The number of H-pyrrole nitrogens is 1. The van der Waals surface area contributed by atoms with Gasteiger partial charge in [-0.25, -0.2) is 0 Å². The molecule has 0 amide bonds. The van der Waals surface area contributed by atoms with Crippen LogP contribution >= 0.6 is 0 Å². The van der Waals surface area contributed by atoms with Crippen LogP contribution in [0.3, 0.4) is 0 Å². The van der Waals surface area contributed by atoms with Gasteiger partial charge >= 0.3 is 0 Å². The van der Waals surface area contributed by atoms with Crippen molar-refractivity contribution in [2.75, 3.05) is 19.6 Å². The van der Waals surface area contributed by atoms with E-state index in [-0.39, 0.29) is 5.56 Å². The van der Waals surface area contributed by atoms with E-state index in [9.17, 15) is 4.79 Å². The van der Waals surface area contributed by atoms with Gasteiger partial charge in [-0.1, -0.05) is 12.1 Å². The van der Waals surface area contributed by atoms with Crippen LogP contribution < -0.4 is 5.56 Å². The molecule has 4 rings (SSSR count). The Labute approximate surface area is 147 Å². The molecule has 0 radical (unpaired) electrons. The maximum Gasteiger partial charge on any atom is 0.262 e. The third kappa shape index (κ3) is 2.86. The molecule has 1 saturated heterocycles. The van der Waals surface area contributed by atoms with Crippen LogP contribution in [0.25, 0.3) is 21.8 Å². The molecule has 25 heavy (non-hydrogen) atoms. The maximum absolute atomic E-state index is 12.9. The number of hydrogen-bond acceptors (Lipinski definition) is 3. The highest BCUT2D eigenvalue weighted by Crippen LogP contribution is 2.24. The first-order valence-electron chi connectivity index (χ1n) is 9.41. The molecular formula is C20H26N4O. The molecule has 1 aliphatic heterocycles. The van der Waals surface area contributed by atoms with E-state index in [0.717, 1.165) is 33.9 Å². The van der Waals surface area contributed by atoms with Crippen molar-refractivity contribution in [3.63, 3.8) is 0 Å². The Bertz CT molecular complexity index is 963. The number of likely N-dealkylation sites (tertiary alicyclic amines) is 1. The van der Waals surface area contributed by atoms with Gasteiger partial charge in [-0.2, -0.15) is 5.10 Å². The molecule has 1 aromatic carbocycles. The third-order valence-electron chi connectivity index (χ3n) is 5.47. The van der Waals surface area contributed by atoms with Crippen LogP contribution in [-0.2, 0) is 13.0 Å². The molecule has 3 aromatic rings. The van der Waals surface area contributed by atoms with E-state index >= 15 is 0 Å². The average Bonchev–Trinajstić information content (AvgIpc) is 3.25. The molecular weight excluding hydrogens is 312 g/mol. The van der Waals surface area contributed by atoms with E-state index in [0.29, 0.717) is 6.54 Å². The van der Waals surface area contributed by atoms with Crippen molar-refractivity contribution < 1.29 is 0 Å². The first-order chi connectivity index (χ1) is 12.2. The van der Waals surface area contributed by atoms with Crippen molar-refractivity contribution in [1.82, 2.24) is 19.7 Å². The summed E-state index contributed by atoms with van der Waals surface area (Å²) in [4.78, 5) is 15.4. The lowest BCUT2D eigenvalue weighted by atomic mass is 10.0. The molecule has 0 spiro atoms. The van der Waals surface area contributed by atoms with Crippen LogP contribution in [0.4, 0.5) is 0 Å². The van der Waals surface area contributed by atoms with Crippen LogP contribution in [0.5, 0.6) is 0 Å². The first-order valence-corrected chi connectivity index (χ1v) is 9.41. The highest BCUT2D eigenvalue weighted by Gasteiger charge is 2.15. The van der Waals surface area contributed by atoms with Gasteiger partial charge in [0.15, 0.2) is 0 Å². The summed E-state index contributed by atoms with van der Waals surface area (Å²) >= 11 is 0. The molecule has 2 aromatic heterocycles. The fraction of sp³-hybridized carbons (Fsp3) is 0.500. The lowest BCUT2D eigenvalue weighted by Gasteiger charge is -2.14. The molecule has 5 heteroatoms. The van der Waals surface area contributed by atoms with Crippen molar-refractivity contribution in [2.24, 2.45) is 0 Å². The maximum atomic E-state index is 12.9. The Morgan fingerprint density at radius 3 is 2.80 bits per heavy atom. The lowest BCUT2D eigenvalue weighted by Crippen LogP contribution is -2.21. The Kier molecular flexibility index (Phi) is 4.34. The highest BCUT2D eigenvalue weighted by atomic mass is 16.1. The first kappa shape index (κ1) is 16.3. The number of rotatable bonds is 5. The molecule has 3 heterocycles. The van der Waals surface area contributed by atoms with E-state index in [1.165, 1.54) is 44.5 Å². The van der Waals surface area contributed by atoms with Crippen LogP contribution in [0, 0.1) is 6.92 Å². The average molecular weight is 338 g/mol. The number of aromatic amines is 1. The fourth-order valence-electron chi connectivity index (χ4n) is 4.11. The van der Waals surface area contributed by atoms with Crippen LogP contribution in [0.15, 0.2) is 23.0 Å². The summed E-state index contributed by atoms with van der Waals surface area (Å²) in [5.41, 5.74) is 4.01. The molecule has 0 bridgehead atoms. The van der Waals surface area contributed by atoms with Gasteiger partial charge in [0.1, 0.15) is 5.52 Å². The Morgan fingerprint density at radius 2 is 2.04 bits per heavy atom. The quantitative estimate of drug-likeness (QED) is 0.777. The van der Waals surface area contributed by atoms with Crippen LogP contribution in [0.2, 0.25) is 0 Å². The van der Waals surface area contributed by atoms with E-state index in [2.05, 4.69) is 33.3 Å². The van der Waals surface area contributed by atoms with E-state index in [1.807, 2.05) is 18.4 Å². The van der Waals surface area contributed by atoms with Crippen molar-refractivity contribution in [1.29, 1.82) is 0 Å². The van der Waals surface area contributed by atoms with Crippen molar-refractivity contribution in [3.05, 3.63) is 39.8 Å². The molecule has 0 unspecified atom stereocenters. The normalized spacial score (nSPS) is 15.6. The fourth-order valence-corrected chi connectivity index (χ4v) is 4.11. The highest BCUT2D eigenvalue weighted by molar-refractivity contribution is 6.04. The van der Waals surface area contributed by atoms with Crippen molar-refractivity contribution in [3.8, 4) is 0 Å². The summed E-state index contributed by atoms with van der Waals surface area (Å²) in [5, 5.41) is 9.13. The Hall–Kier alpha value is -2.14. The summed E-state index contributed by atoms with van der Waals surface area (Å²) in [7, 11) is 0. The topological polar surface area (TPSA) is 53.9 Å². The second-order valence-corrected chi connectivity index (χ2v) is 7.13. The SMILES string of the molecule is CCn1c(=O)c2c(C)[nH]nc2c2ccc(CCCN3CCCC3)cc21. The molecule has 0 aliphatic carbocycles. The second-order valence-electron chi connectivity index (χ2n) is 7.13. The molecule has 1 fully saturated rings. The number of aryl methyl sites for hydroxylation is 3. The molecule has 0 saturated carbocycles. The smallest absolute Gasteiger partial charge is 0.262 e.